The Bertz CT molecular complexity index is 593. The van der Waals surface area contributed by atoms with Crippen LogP contribution in [-0.2, 0) is 9.45 Å². The molecule has 0 bridgehead atoms. The SMILES string of the molecule is CC(=O)N1CCN(c2ccc(B(O)OC(C)(C)C(C)(C)O)cn2)CC1. The zero-order valence-corrected chi connectivity index (χ0v) is 15.7. The minimum atomic E-state index is -1.17. The van der Waals surface area contributed by atoms with E-state index >= 15 is 0 Å². The average Bonchev–Trinajstić information content (AvgIpc) is 2.53. The summed E-state index contributed by atoms with van der Waals surface area (Å²) in [6, 6.07) is 3.60. The molecule has 0 aliphatic carbocycles. The number of piperazine rings is 1. The van der Waals surface area contributed by atoms with Gasteiger partial charge in [0.05, 0.1) is 11.2 Å². The van der Waals surface area contributed by atoms with Crippen LogP contribution in [0, 0.1) is 0 Å². The predicted molar refractivity (Wildman–Crippen MR) is 97.8 cm³/mol. The van der Waals surface area contributed by atoms with Gasteiger partial charge in [-0.05, 0) is 33.8 Å². The lowest BCUT2D eigenvalue weighted by Gasteiger charge is -2.38. The molecule has 0 radical (unpaired) electrons. The van der Waals surface area contributed by atoms with E-state index < -0.39 is 18.3 Å². The molecule has 1 saturated heterocycles. The summed E-state index contributed by atoms with van der Waals surface area (Å²) in [6.45, 7) is 11.2. The molecule has 0 unspecified atom stereocenters. The standard InChI is InChI=1S/C17H28BN3O4/c1-13(22)20-8-10-21(11-9-20)15-7-6-14(12-19-15)18(24)25-17(4,5)16(2,3)23/h6-7,12,23-24H,8-11H2,1-5H3. The van der Waals surface area contributed by atoms with Gasteiger partial charge in [0.1, 0.15) is 5.82 Å². The van der Waals surface area contributed by atoms with E-state index in [0.717, 1.165) is 18.9 Å². The Morgan fingerprint density at radius 2 is 1.80 bits per heavy atom. The van der Waals surface area contributed by atoms with Crippen molar-refractivity contribution in [3.05, 3.63) is 18.3 Å². The summed E-state index contributed by atoms with van der Waals surface area (Å²) < 4.78 is 5.62. The third-order valence-electron chi connectivity index (χ3n) is 4.98. The van der Waals surface area contributed by atoms with Gasteiger partial charge in [0, 0.05) is 44.8 Å². The summed E-state index contributed by atoms with van der Waals surface area (Å²) in [5, 5.41) is 20.4. The summed E-state index contributed by atoms with van der Waals surface area (Å²) in [5.41, 5.74) is -1.49. The van der Waals surface area contributed by atoms with Crippen LogP contribution >= 0.6 is 0 Å². The minimum absolute atomic E-state index is 0.0950. The van der Waals surface area contributed by atoms with E-state index in [-0.39, 0.29) is 5.91 Å². The van der Waals surface area contributed by atoms with Gasteiger partial charge in [0.2, 0.25) is 5.91 Å². The Kier molecular flexibility index (Phi) is 5.76. The van der Waals surface area contributed by atoms with E-state index in [1.165, 1.54) is 0 Å². The highest BCUT2D eigenvalue weighted by Crippen LogP contribution is 2.25. The largest absolute Gasteiger partial charge is 0.493 e. The van der Waals surface area contributed by atoms with Crippen molar-refractivity contribution in [3.8, 4) is 0 Å². The summed E-state index contributed by atoms with van der Waals surface area (Å²) >= 11 is 0. The summed E-state index contributed by atoms with van der Waals surface area (Å²) in [4.78, 5) is 19.7. The van der Waals surface area contributed by atoms with Gasteiger partial charge in [-0.2, -0.15) is 0 Å². The number of aliphatic hydroxyl groups is 1. The van der Waals surface area contributed by atoms with E-state index in [2.05, 4.69) is 9.88 Å². The minimum Gasteiger partial charge on any atom is -0.423 e. The molecule has 1 aliphatic rings. The second-order valence-electron chi connectivity index (χ2n) is 7.48. The maximum absolute atomic E-state index is 11.4. The number of carbonyl (C=O) groups is 1. The van der Waals surface area contributed by atoms with Gasteiger partial charge in [-0.25, -0.2) is 4.98 Å². The molecular formula is C17H28BN3O4. The Balaban J connectivity index is 1.99. The lowest BCUT2D eigenvalue weighted by atomic mass is 9.77. The normalized spacial score (nSPS) is 16.1. The quantitative estimate of drug-likeness (QED) is 0.728. The molecule has 2 N–H and O–H groups in total. The highest BCUT2D eigenvalue weighted by atomic mass is 16.5. The van der Waals surface area contributed by atoms with Gasteiger partial charge >= 0.3 is 7.12 Å². The van der Waals surface area contributed by atoms with Crippen LogP contribution in [0.4, 0.5) is 5.82 Å². The van der Waals surface area contributed by atoms with Crippen LogP contribution in [-0.4, -0.2) is 70.4 Å². The first-order valence-corrected chi connectivity index (χ1v) is 8.56. The molecule has 0 aromatic carbocycles. The number of hydrogen-bond acceptors (Lipinski definition) is 6. The van der Waals surface area contributed by atoms with Gasteiger partial charge in [-0.1, -0.05) is 6.07 Å². The molecule has 138 valence electrons. The van der Waals surface area contributed by atoms with Crippen LogP contribution < -0.4 is 10.4 Å². The fraction of sp³-hybridized carbons (Fsp3) is 0.647. The highest BCUT2D eigenvalue weighted by Gasteiger charge is 2.39. The van der Waals surface area contributed by atoms with Crippen LogP contribution in [0.15, 0.2) is 18.3 Å². The smallest absolute Gasteiger partial charge is 0.423 e. The number of amides is 1. The molecule has 7 nitrogen and oxygen atoms in total. The number of carbonyl (C=O) groups excluding carboxylic acids is 1. The molecule has 0 atom stereocenters. The molecule has 0 saturated carbocycles. The van der Waals surface area contributed by atoms with Gasteiger partial charge in [-0.3, -0.25) is 4.79 Å². The number of pyridine rings is 1. The first kappa shape index (κ1) is 19.7. The first-order chi connectivity index (χ1) is 11.5. The second-order valence-corrected chi connectivity index (χ2v) is 7.48. The zero-order chi connectivity index (χ0) is 18.8. The number of aromatic nitrogens is 1. The van der Waals surface area contributed by atoms with Crippen molar-refractivity contribution in [2.45, 2.75) is 45.8 Å². The monoisotopic (exact) mass is 349 g/mol. The van der Waals surface area contributed by atoms with Crippen molar-refractivity contribution in [2.24, 2.45) is 0 Å². The topological polar surface area (TPSA) is 86.1 Å². The molecule has 8 heteroatoms. The predicted octanol–water partition coefficient (Wildman–Crippen LogP) is 0.00370. The number of hydrogen-bond donors (Lipinski definition) is 2. The van der Waals surface area contributed by atoms with Crippen LogP contribution in [0.25, 0.3) is 0 Å². The lowest BCUT2D eigenvalue weighted by Crippen LogP contribution is -2.53. The van der Waals surface area contributed by atoms with Gasteiger partial charge in [-0.15, -0.1) is 0 Å². The summed E-state index contributed by atoms with van der Waals surface area (Å²) in [6.07, 6.45) is 1.58. The molecule has 25 heavy (non-hydrogen) atoms. The summed E-state index contributed by atoms with van der Waals surface area (Å²) in [5.74, 6) is 0.901. The fourth-order valence-corrected chi connectivity index (χ4v) is 2.47. The van der Waals surface area contributed by atoms with Gasteiger partial charge < -0.3 is 24.6 Å². The van der Waals surface area contributed by atoms with E-state index in [1.54, 1.807) is 46.9 Å². The van der Waals surface area contributed by atoms with Crippen molar-refractivity contribution in [1.29, 1.82) is 0 Å². The highest BCUT2D eigenvalue weighted by molar-refractivity contribution is 6.60. The van der Waals surface area contributed by atoms with E-state index in [1.807, 2.05) is 11.0 Å². The third-order valence-corrected chi connectivity index (χ3v) is 4.98. The Morgan fingerprint density at radius 3 is 2.24 bits per heavy atom. The molecule has 2 rings (SSSR count). The number of rotatable bonds is 5. The van der Waals surface area contributed by atoms with Crippen molar-refractivity contribution in [2.75, 3.05) is 31.1 Å². The van der Waals surface area contributed by atoms with Gasteiger partial charge in [0.25, 0.3) is 0 Å². The van der Waals surface area contributed by atoms with E-state index in [9.17, 15) is 14.9 Å². The maximum atomic E-state index is 11.4. The maximum Gasteiger partial charge on any atom is 0.493 e. The molecule has 1 amide bonds. The van der Waals surface area contributed by atoms with Crippen molar-refractivity contribution in [1.82, 2.24) is 9.88 Å². The Labute approximate surface area is 149 Å². The molecule has 1 aromatic heterocycles. The summed E-state index contributed by atoms with van der Waals surface area (Å²) in [7, 11) is -1.17. The zero-order valence-electron chi connectivity index (χ0n) is 15.7. The fourth-order valence-electron chi connectivity index (χ4n) is 2.47. The van der Waals surface area contributed by atoms with Crippen molar-refractivity contribution >= 4 is 24.3 Å². The van der Waals surface area contributed by atoms with Crippen LogP contribution in [0.5, 0.6) is 0 Å². The van der Waals surface area contributed by atoms with Crippen LogP contribution in [0.2, 0.25) is 0 Å². The molecule has 1 fully saturated rings. The third kappa shape index (κ3) is 4.71. The van der Waals surface area contributed by atoms with E-state index in [4.69, 9.17) is 4.65 Å². The first-order valence-electron chi connectivity index (χ1n) is 8.56. The van der Waals surface area contributed by atoms with E-state index in [0.29, 0.717) is 18.6 Å². The molecule has 0 spiro atoms. The molecule has 1 aliphatic heterocycles. The van der Waals surface area contributed by atoms with Crippen molar-refractivity contribution < 1.29 is 19.6 Å². The molecule has 1 aromatic rings. The van der Waals surface area contributed by atoms with Crippen molar-refractivity contribution in [3.63, 3.8) is 0 Å². The number of anilines is 1. The number of nitrogens with zero attached hydrogens (tertiary/aromatic N) is 3. The second kappa shape index (κ2) is 7.31. The van der Waals surface area contributed by atoms with Gasteiger partial charge in [0.15, 0.2) is 0 Å². The lowest BCUT2D eigenvalue weighted by molar-refractivity contribution is -0.129. The van der Waals surface area contributed by atoms with Crippen LogP contribution in [0.3, 0.4) is 0 Å². The Morgan fingerprint density at radius 1 is 1.20 bits per heavy atom. The molecule has 2 heterocycles. The van der Waals surface area contributed by atoms with Crippen LogP contribution in [0.1, 0.15) is 34.6 Å². The Hall–Kier alpha value is -1.64. The average molecular weight is 349 g/mol. The molecular weight excluding hydrogens is 321 g/mol.